The largest absolute Gasteiger partial charge is 0.497 e. The molecule has 1 unspecified atom stereocenters. The van der Waals surface area contributed by atoms with Crippen molar-refractivity contribution in [3.8, 4) is 11.5 Å². The van der Waals surface area contributed by atoms with Crippen LogP contribution in [0, 0.1) is 13.8 Å². The van der Waals surface area contributed by atoms with Gasteiger partial charge in [0.25, 0.3) is 5.91 Å². The normalized spacial score (nSPS) is 18.0. The van der Waals surface area contributed by atoms with Crippen molar-refractivity contribution in [1.29, 1.82) is 0 Å². The van der Waals surface area contributed by atoms with Gasteiger partial charge in [0.05, 0.1) is 39.1 Å². The number of ether oxygens (including phenoxy) is 3. The van der Waals surface area contributed by atoms with E-state index in [2.05, 4.69) is 36.9 Å². The minimum atomic E-state index is -0.325. The van der Waals surface area contributed by atoms with Crippen LogP contribution in [0.3, 0.4) is 0 Å². The number of rotatable bonds is 7. The molecule has 0 aromatic heterocycles. The molecule has 0 bridgehead atoms. The highest BCUT2D eigenvalue weighted by Gasteiger charge is 2.36. The first-order chi connectivity index (χ1) is 17.8. The molecule has 2 aliphatic rings. The molecule has 0 aliphatic carbocycles. The molecule has 198 valence electrons. The van der Waals surface area contributed by atoms with Crippen LogP contribution in [0.15, 0.2) is 41.5 Å². The molecule has 2 aromatic carbocycles. The van der Waals surface area contributed by atoms with E-state index in [1.54, 1.807) is 31.1 Å². The maximum atomic E-state index is 13.7. The average Bonchev–Trinajstić information content (AvgIpc) is 3.34. The lowest BCUT2D eigenvalue weighted by Gasteiger charge is -2.34. The lowest BCUT2D eigenvalue weighted by atomic mass is 9.94. The number of hydrazone groups is 1. The molecular weight excluding hydrogens is 472 g/mol. The Morgan fingerprint density at radius 1 is 1.00 bits per heavy atom. The third kappa shape index (κ3) is 5.88. The molecule has 2 aromatic rings. The van der Waals surface area contributed by atoms with Gasteiger partial charge in [-0.1, -0.05) is 23.8 Å². The molecule has 0 radical (unpaired) electrons. The SMILES string of the molecule is CCOC(=O)N1CCN(CC(=O)N2N=C(c3ccc(C)cc3C)CC2c2cc(OC)ccc2OC)CC1. The topological polar surface area (TPSA) is 83.9 Å². The molecule has 2 aliphatic heterocycles. The summed E-state index contributed by atoms with van der Waals surface area (Å²) in [5, 5.41) is 6.46. The number of nitrogens with zero attached hydrogens (tertiary/aromatic N) is 4. The van der Waals surface area contributed by atoms with E-state index >= 15 is 0 Å². The maximum absolute atomic E-state index is 13.7. The van der Waals surface area contributed by atoms with Crippen LogP contribution in [-0.2, 0) is 9.53 Å². The summed E-state index contributed by atoms with van der Waals surface area (Å²) in [5.74, 6) is 1.28. The summed E-state index contributed by atoms with van der Waals surface area (Å²) in [6, 6.07) is 11.6. The molecule has 9 nitrogen and oxygen atoms in total. The van der Waals surface area contributed by atoms with Crippen LogP contribution in [0.4, 0.5) is 4.79 Å². The quantitative estimate of drug-likeness (QED) is 0.566. The molecule has 0 spiro atoms. The van der Waals surface area contributed by atoms with Crippen molar-refractivity contribution < 1.29 is 23.8 Å². The Kier molecular flexibility index (Phi) is 8.33. The zero-order valence-electron chi connectivity index (χ0n) is 22.3. The summed E-state index contributed by atoms with van der Waals surface area (Å²) in [6.45, 7) is 8.73. The van der Waals surface area contributed by atoms with Crippen LogP contribution in [0.2, 0.25) is 0 Å². The Labute approximate surface area is 218 Å². The van der Waals surface area contributed by atoms with Gasteiger partial charge < -0.3 is 19.1 Å². The van der Waals surface area contributed by atoms with Gasteiger partial charge in [0.2, 0.25) is 0 Å². The van der Waals surface area contributed by atoms with Crippen molar-refractivity contribution in [3.05, 3.63) is 58.7 Å². The van der Waals surface area contributed by atoms with E-state index in [1.165, 1.54) is 5.56 Å². The van der Waals surface area contributed by atoms with Crippen LogP contribution in [0.5, 0.6) is 11.5 Å². The molecule has 1 saturated heterocycles. The molecule has 37 heavy (non-hydrogen) atoms. The van der Waals surface area contributed by atoms with Crippen LogP contribution < -0.4 is 9.47 Å². The summed E-state index contributed by atoms with van der Waals surface area (Å²) in [5.41, 5.74) is 5.06. The molecule has 0 N–H and O–H groups in total. The fourth-order valence-corrected chi connectivity index (χ4v) is 4.95. The summed E-state index contributed by atoms with van der Waals surface area (Å²) in [7, 11) is 3.25. The van der Waals surface area contributed by atoms with Crippen molar-refractivity contribution in [1.82, 2.24) is 14.8 Å². The highest BCUT2D eigenvalue weighted by Crippen LogP contribution is 2.39. The first-order valence-corrected chi connectivity index (χ1v) is 12.7. The molecule has 0 saturated carbocycles. The average molecular weight is 509 g/mol. The smallest absolute Gasteiger partial charge is 0.409 e. The van der Waals surface area contributed by atoms with Crippen molar-refractivity contribution in [3.63, 3.8) is 0 Å². The van der Waals surface area contributed by atoms with Gasteiger partial charge in [-0.3, -0.25) is 9.69 Å². The second kappa shape index (κ2) is 11.6. The van der Waals surface area contributed by atoms with Crippen molar-refractivity contribution in [2.45, 2.75) is 33.2 Å². The van der Waals surface area contributed by atoms with Gasteiger partial charge >= 0.3 is 6.09 Å². The van der Waals surface area contributed by atoms with Gasteiger partial charge in [-0.25, -0.2) is 9.80 Å². The van der Waals surface area contributed by atoms with E-state index in [4.69, 9.17) is 19.3 Å². The minimum absolute atomic E-state index is 0.0979. The number of piperazine rings is 1. The van der Waals surface area contributed by atoms with E-state index in [-0.39, 0.29) is 24.6 Å². The molecule has 2 heterocycles. The lowest BCUT2D eigenvalue weighted by Crippen LogP contribution is -2.51. The van der Waals surface area contributed by atoms with Crippen molar-refractivity contribution in [2.24, 2.45) is 5.10 Å². The van der Waals surface area contributed by atoms with E-state index in [0.717, 1.165) is 22.4 Å². The molecule has 4 rings (SSSR count). The van der Waals surface area contributed by atoms with E-state index < -0.39 is 0 Å². The molecule has 1 fully saturated rings. The van der Waals surface area contributed by atoms with Gasteiger partial charge in [-0.05, 0) is 44.5 Å². The number of benzene rings is 2. The molecule has 9 heteroatoms. The van der Waals surface area contributed by atoms with Crippen LogP contribution >= 0.6 is 0 Å². The van der Waals surface area contributed by atoms with E-state index in [1.807, 2.05) is 18.2 Å². The molecule has 1 atom stereocenters. The van der Waals surface area contributed by atoms with Gasteiger partial charge in [0.15, 0.2) is 0 Å². The Bertz CT molecular complexity index is 1170. The number of aryl methyl sites for hydroxylation is 2. The number of hydrogen-bond acceptors (Lipinski definition) is 7. The fourth-order valence-electron chi connectivity index (χ4n) is 4.95. The van der Waals surface area contributed by atoms with E-state index in [9.17, 15) is 9.59 Å². The van der Waals surface area contributed by atoms with Gasteiger partial charge in [-0.2, -0.15) is 5.10 Å². The van der Waals surface area contributed by atoms with Gasteiger partial charge in [0.1, 0.15) is 11.5 Å². The Morgan fingerprint density at radius 3 is 2.41 bits per heavy atom. The Morgan fingerprint density at radius 2 is 1.76 bits per heavy atom. The number of amides is 2. The Hall–Kier alpha value is -3.59. The third-order valence-corrected chi connectivity index (χ3v) is 6.91. The van der Waals surface area contributed by atoms with Crippen LogP contribution in [0.25, 0.3) is 0 Å². The van der Waals surface area contributed by atoms with Crippen molar-refractivity contribution in [2.75, 3.05) is 53.6 Å². The first-order valence-electron chi connectivity index (χ1n) is 12.7. The predicted octanol–water partition coefficient (Wildman–Crippen LogP) is 3.77. The third-order valence-electron chi connectivity index (χ3n) is 6.91. The first kappa shape index (κ1) is 26.5. The maximum Gasteiger partial charge on any atom is 0.409 e. The molecular formula is C28H36N4O5. The number of methoxy groups -OCH3 is 2. The monoisotopic (exact) mass is 508 g/mol. The van der Waals surface area contributed by atoms with Crippen LogP contribution in [0.1, 0.15) is 41.6 Å². The summed E-state index contributed by atoms with van der Waals surface area (Å²) >= 11 is 0. The summed E-state index contributed by atoms with van der Waals surface area (Å²) in [6.07, 6.45) is 0.261. The second-order valence-electron chi connectivity index (χ2n) is 9.39. The molecule has 2 amide bonds. The highest BCUT2D eigenvalue weighted by atomic mass is 16.6. The Balaban J connectivity index is 1.59. The zero-order chi connectivity index (χ0) is 26.5. The van der Waals surface area contributed by atoms with Gasteiger partial charge in [-0.15, -0.1) is 0 Å². The van der Waals surface area contributed by atoms with Gasteiger partial charge in [0, 0.05) is 43.7 Å². The second-order valence-corrected chi connectivity index (χ2v) is 9.39. The fraction of sp³-hybridized carbons (Fsp3) is 0.464. The predicted molar refractivity (Wildman–Crippen MR) is 141 cm³/mol. The zero-order valence-corrected chi connectivity index (χ0v) is 22.3. The minimum Gasteiger partial charge on any atom is -0.497 e. The number of hydrogen-bond donors (Lipinski definition) is 0. The number of carbonyl (C=O) groups is 2. The number of carbonyl (C=O) groups excluding carboxylic acids is 2. The standard InChI is InChI=1S/C28H36N4O5/c1-6-37-28(34)31-13-11-30(12-14-31)18-27(33)32-25(23-16-21(35-4)8-10-26(23)36-5)17-24(29-32)22-9-7-19(2)15-20(22)3/h7-10,15-16,25H,6,11-14,17-18H2,1-5H3. The highest BCUT2D eigenvalue weighted by molar-refractivity contribution is 6.04. The van der Waals surface area contributed by atoms with Crippen molar-refractivity contribution >= 4 is 17.7 Å². The van der Waals surface area contributed by atoms with Crippen LogP contribution in [-0.4, -0.2) is 86.1 Å². The summed E-state index contributed by atoms with van der Waals surface area (Å²) < 4.78 is 16.2. The van der Waals surface area contributed by atoms with E-state index in [0.29, 0.717) is 50.7 Å². The summed E-state index contributed by atoms with van der Waals surface area (Å²) in [4.78, 5) is 29.5. The lowest BCUT2D eigenvalue weighted by molar-refractivity contribution is -0.134.